The van der Waals surface area contributed by atoms with Crippen molar-refractivity contribution < 1.29 is 8.42 Å². The summed E-state index contributed by atoms with van der Waals surface area (Å²) in [5.41, 5.74) is -0.301. The van der Waals surface area contributed by atoms with Gasteiger partial charge in [0.05, 0.1) is 5.75 Å². The Morgan fingerprint density at radius 1 is 1.23 bits per heavy atom. The molecule has 1 heterocycles. The highest BCUT2D eigenvalue weighted by atomic mass is 32.2. The maximum Gasteiger partial charge on any atom is 0.215 e. The maximum atomic E-state index is 11.7. The van der Waals surface area contributed by atoms with Gasteiger partial charge in [-0.3, -0.25) is 0 Å². The van der Waals surface area contributed by atoms with Crippen molar-refractivity contribution in [1.82, 2.24) is 9.62 Å². The second kappa shape index (κ2) is 3.55. The van der Waals surface area contributed by atoms with Gasteiger partial charge in [0.25, 0.3) is 0 Å². The second-order valence-electron chi connectivity index (χ2n) is 4.31. The standard InChI is InChI=1S/C8H18N2O2S/c1-8(2,3)10-6-4-9-5-7-13(10,11)12/h9H,4-7H2,1-3H3. The topological polar surface area (TPSA) is 49.4 Å². The number of nitrogens with zero attached hydrogens (tertiary/aromatic N) is 1. The molecule has 0 amide bonds. The van der Waals surface area contributed by atoms with Crippen molar-refractivity contribution in [3.8, 4) is 0 Å². The van der Waals surface area contributed by atoms with E-state index in [1.807, 2.05) is 20.8 Å². The van der Waals surface area contributed by atoms with Crippen LogP contribution in [0.4, 0.5) is 0 Å². The third kappa shape index (κ3) is 2.65. The third-order valence-electron chi connectivity index (χ3n) is 2.11. The summed E-state index contributed by atoms with van der Waals surface area (Å²) in [7, 11) is -3.05. The van der Waals surface area contributed by atoms with Crippen LogP contribution in [0.1, 0.15) is 20.8 Å². The average Bonchev–Trinajstić information content (AvgIpc) is 2.07. The van der Waals surface area contributed by atoms with Gasteiger partial charge in [-0.2, -0.15) is 4.31 Å². The van der Waals surface area contributed by atoms with Gasteiger partial charge < -0.3 is 5.32 Å². The van der Waals surface area contributed by atoms with Crippen LogP contribution >= 0.6 is 0 Å². The summed E-state index contributed by atoms with van der Waals surface area (Å²) >= 11 is 0. The van der Waals surface area contributed by atoms with E-state index in [1.165, 1.54) is 0 Å². The average molecular weight is 206 g/mol. The summed E-state index contributed by atoms with van der Waals surface area (Å²) in [6, 6.07) is 0. The van der Waals surface area contributed by atoms with E-state index in [0.29, 0.717) is 13.1 Å². The predicted molar refractivity (Wildman–Crippen MR) is 53.1 cm³/mol. The molecule has 0 radical (unpaired) electrons. The van der Waals surface area contributed by atoms with Crippen LogP contribution in [-0.2, 0) is 10.0 Å². The number of sulfonamides is 1. The number of nitrogens with one attached hydrogen (secondary N) is 1. The summed E-state index contributed by atoms with van der Waals surface area (Å²) in [6.45, 7) is 7.67. The Kier molecular flexibility index (Phi) is 2.99. The van der Waals surface area contributed by atoms with Crippen LogP contribution in [-0.4, -0.2) is 43.6 Å². The smallest absolute Gasteiger partial charge is 0.215 e. The normalized spacial score (nSPS) is 25.5. The fraction of sp³-hybridized carbons (Fsp3) is 1.00. The minimum atomic E-state index is -3.05. The molecule has 0 unspecified atom stereocenters. The summed E-state index contributed by atoms with van der Waals surface area (Å²) in [5.74, 6) is 0.213. The van der Waals surface area contributed by atoms with Gasteiger partial charge in [-0.1, -0.05) is 0 Å². The van der Waals surface area contributed by atoms with E-state index in [-0.39, 0.29) is 11.3 Å². The van der Waals surface area contributed by atoms with Gasteiger partial charge in [0, 0.05) is 25.2 Å². The van der Waals surface area contributed by atoms with E-state index in [2.05, 4.69) is 5.32 Å². The van der Waals surface area contributed by atoms with Gasteiger partial charge >= 0.3 is 0 Å². The Bertz CT molecular complexity index is 266. The molecular weight excluding hydrogens is 188 g/mol. The fourth-order valence-corrected chi connectivity index (χ4v) is 3.34. The molecule has 1 aliphatic rings. The molecule has 5 heteroatoms. The van der Waals surface area contributed by atoms with Gasteiger partial charge in [-0.15, -0.1) is 0 Å². The summed E-state index contributed by atoms with van der Waals surface area (Å²) < 4.78 is 25.1. The first-order valence-corrected chi connectivity index (χ1v) is 6.16. The van der Waals surface area contributed by atoms with Crippen LogP contribution < -0.4 is 5.32 Å². The largest absolute Gasteiger partial charge is 0.314 e. The van der Waals surface area contributed by atoms with Crippen molar-refractivity contribution in [2.45, 2.75) is 26.3 Å². The predicted octanol–water partition coefficient (Wildman–Crippen LogP) is 0.0199. The van der Waals surface area contributed by atoms with Gasteiger partial charge in [-0.05, 0) is 20.8 Å². The first-order valence-electron chi connectivity index (χ1n) is 4.55. The van der Waals surface area contributed by atoms with E-state index in [0.717, 1.165) is 6.54 Å². The van der Waals surface area contributed by atoms with E-state index in [4.69, 9.17) is 0 Å². The lowest BCUT2D eigenvalue weighted by Gasteiger charge is -2.32. The molecule has 1 N–H and O–H groups in total. The van der Waals surface area contributed by atoms with Crippen molar-refractivity contribution in [2.75, 3.05) is 25.4 Å². The van der Waals surface area contributed by atoms with Crippen molar-refractivity contribution in [1.29, 1.82) is 0 Å². The molecule has 1 aliphatic heterocycles. The van der Waals surface area contributed by atoms with Crippen LogP contribution in [0.15, 0.2) is 0 Å². The Morgan fingerprint density at radius 2 is 1.85 bits per heavy atom. The minimum Gasteiger partial charge on any atom is -0.314 e. The Morgan fingerprint density at radius 3 is 2.38 bits per heavy atom. The highest BCUT2D eigenvalue weighted by molar-refractivity contribution is 7.89. The maximum absolute atomic E-state index is 11.7. The molecule has 78 valence electrons. The molecule has 0 spiro atoms. The molecule has 0 saturated carbocycles. The lowest BCUT2D eigenvalue weighted by molar-refractivity contribution is 0.255. The summed E-state index contributed by atoms with van der Waals surface area (Å²) in [4.78, 5) is 0. The van der Waals surface area contributed by atoms with Crippen LogP contribution in [0.25, 0.3) is 0 Å². The molecule has 0 aromatic carbocycles. The molecule has 4 nitrogen and oxygen atoms in total. The van der Waals surface area contributed by atoms with E-state index in [9.17, 15) is 8.42 Å². The third-order valence-corrected chi connectivity index (χ3v) is 4.23. The lowest BCUT2D eigenvalue weighted by atomic mass is 10.1. The van der Waals surface area contributed by atoms with E-state index < -0.39 is 10.0 Å². The van der Waals surface area contributed by atoms with Crippen LogP contribution in [0, 0.1) is 0 Å². The first kappa shape index (κ1) is 10.9. The van der Waals surface area contributed by atoms with Crippen molar-refractivity contribution in [3.05, 3.63) is 0 Å². The molecule has 0 bridgehead atoms. The molecule has 1 fully saturated rings. The lowest BCUT2D eigenvalue weighted by Crippen LogP contribution is -2.47. The van der Waals surface area contributed by atoms with Crippen molar-refractivity contribution in [2.24, 2.45) is 0 Å². The quantitative estimate of drug-likeness (QED) is 0.608. The molecule has 0 atom stereocenters. The highest BCUT2D eigenvalue weighted by Gasteiger charge is 2.32. The number of hydrogen-bond acceptors (Lipinski definition) is 3. The Labute approximate surface area is 80.4 Å². The van der Waals surface area contributed by atoms with Crippen LogP contribution in [0.5, 0.6) is 0 Å². The fourth-order valence-electron chi connectivity index (χ4n) is 1.51. The van der Waals surface area contributed by atoms with E-state index in [1.54, 1.807) is 4.31 Å². The summed E-state index contributed by atoms with van der Waals surface area (Å²) in [6.07, 6.45) is 0. The molecule has 0 aromatic rings. The molecule has 0 aliphatic carbocycles. The first-order chi connectivity index (χ1) is 5.84. The molecule has 13 heavy (non-hydrogen) atoms. The van der Waals surface area contributed by atoms with Gasteiger partial charge in [0.2, 0.25) is 10.0 Å². The number of rotatable bonds is 0. The van der Waals surface area contributed by atoms with Gasteiger partial charge in [0.1, 0.15) is 0 Å². The zero-order valence-electron chi connectivity index (χ0n) is 8.50. The van der Waals surface area contributed by atoms with E-state index >= 15 is 0 Å². The monoisotopic (exact) mass is 206 g/mol. The second-order valence-corrected chi connectivity index (χ2v) is 6.32. The van der Waals surface area contributed by atoms with Crippen molar-refractivity contribution >= 4 is 10.0 Å². The van der Waals surface area contributed by atoms with Gasteiger partial charge in [0.15, 0.2) is 0 Å². The molecular formula is C8H18N2O2S. The minimum absolute atomic E-state index is 0.213. The highest BCUT2D eigenvalue weighted by Crippen LogP contribution is 2.18. The summed E-state index contributed by atoms with van der Waals surface area (Å²) in [5, 5.41) is 3.08. The Balaban J connectivity index is 2.92. The number of hydrogen-bond donors (Lipinski definition) is 1. The zero-order valence-corrected chi connectivity index (χ0v) is 9.32. The zero-order chi connectivity index (χ0) is 10.1. The van der Waals surface area contributed by atoms with Gasteiger partial charge in [-0.25, -0.2) is 8.42 Å². The van der Waals surface area contributed by atoms with Crippen LogP contribution in [0.3, 0.4) is 0 Å². The molecule has 1 rings (SSSR count). The molecule has 1 saturated heterocycles. The Hall–Kier alpha value is -0.130. The molecule has 0 aromatic heterocycles. The SMILES string of the molecule is CC(C)(C)N1CCNCCS1(=O)=O. The van der Waals surface area contributed by atoms with Crippen molar-refractivity contribution in [3.63, 3.8) is 0 Å². The van der Waals surface area contributed by atoms with Crippen LogP contribution in [0.2, 0.25) is 0 Å².